The van der Waals surface area contributed by atoms with Gasteiger partial charge in [-0.15, -0.1) is 0 Å². The largest absolute Gasteiger partial charge is 0.429 e. The molecular weight excluding hydrogens is 330 g/mol. The van der Waals surface area contributed by atoms with Crippen molar-refractivity contribution in [1.82, 2.24) is 0 Å². The summed E-state index contributed by atoms with van der Waals surface area (Å²) in [6, 6.07) is 22.0. The molecule has 0 bridgehead atoms. The van der Waals surface area contributed by atoms with Crippen molar-refractivity contribution in [2.75, 3.05) is 13.2 Å². The van der Waals surface area contributed by atoms with E-state index in [2.05, 4.69) is 67.7 Å². The molecular formula is C19H29NO2Si2. The number of rotatable bonds is 9. The first-order chi connectivity index (χ1) is 11.5. The molecule has 2 rings (SSSR count). The zero-order valence-electron chi connectivity index (χ0n) is 15.0. The quantitative estimate of drug-likeness (QED) is 0.700. The molecule has 0 aliphatic rings. The summed E-state index contributed by atoms with van der Waals surface area (Å²) in [6.07, 6.45) is 0.975. The van der Waals surface area contributed by atoms with Crippen LogP contribution in [0.25, 0.3) is 0 Å². The van der Waals surface area contributed by atoms with E-state index in [1.54, 1.807) is 0 Å². The molecule has 0 aliphatic carbocycles. The number of nitrogens with two attached hydrogens (primary N) is 1. The maximum absolute atomic E-state index is 6.94. The zero-order valence-corrected chi connectivity index (χ0v) is 17.0. The SMILES string of the molecule is CCO[Si](C)(O[Si](C)(CCCN)c1ccccc1)c1ccccc1. The Hall–Kier alpha value is -1.25. The number of hydrogen-bond acceptors (Lipinski definition) is 3. The average Bonchev–Trinajstić information content (AvgIpc) is 2.62. The Balaban J connectivity index is 2.38. The highest BCUT2D eigenvalue weighted by atomic mass is 28.4. The van der Waals surface area contributed by atoms with Crippen molar-refractivity contribution in [2.45, 2.75) is 32.5 Å². The first-order valence-electron chi connectivity index (χ1n) is 8.69. The van der Waals surface area contributed by atoms with Crippen molar-refractivity contribution in [1.29, 1.82) is 0 Å². The predicted molar refractivity (Wildman–Crippen MR) is 107 cm³/mol. The molecule has 0 aromatic heterocycles. The van der Waals surface area contributed by atoms with Crippen molar-refractivity contribution in [3.63, 3.8) is 0 Å². The molecule has 0 amide bonds. The highest BCUT2D eigenvalue weighted by molar-refractivity contribution is 6.95. The Bertz CT molecular complexity index is 611. The minimum absolute atomic E-state index is 0.660. The molecule has 2 aromatic carbocycles. The average molecular weight is 360 g/mol. The molecule has 0 heterocycles. The van der Waals surface area contributed by atoms with E-state index in [-0.39, 0.29) is 0 Å². The smallest absolute Gasteiger partial charge is 0.359 e. The van der Waals surface area contributed by atoms with Gasteiger partial charge in [0, 0.05) is 6.61 Å². The fourth-order valence-electron chi connectivity index (χ4n) is 3.10. The minimum atomic E-state index is -2.47. The van der Waals surface area contributed by atoms with Crippen LogP contribution in [0.15, 0.2) is 60.7 Å². The lowest BCUT2D eigenvalue weighted by atomic mass is 10.4. The Labute approximate surface area is 148 Å². The number of hydrogen-bond donors (Lipinski definition) is 1. The van der Waals surface area contributed by atoms with E-state index in [0.29, 0.717) is 13.2 Å². The summed E-state index contributed by atoms with van der Waals surface area (Å²) in [4.78, 5) is 0. The summed E-state index contributed by atoms with van der Waals surface area (Å²) in [5, 5.41) is 2.50. The topological polar surface area (TPSA) is 44.5 Å². The highest BCUT2D eigenvalue weighted by Gasteiger charge is 2.43. The van der Waals surface area contributed by atoms with Gasteiger partial charge in [0.25, 0.3) is 0 Å². The molecule has 0 saturated heterocycles. The fourth-order valence-corrected chi connectivity index (χ4v) is 11.7. The van der Waals surface area contributed by atoms with Crippen molar-refractivity contribution < 1.29 is 8.54 Å². The molecule has 5 heteroatoms. The lowest BCUT2D eigenvalue weighted by Gasteiger charge is -2.38. The van der Waals surface area contributed by atoms with Crippen LogP contribution in [0.5, 0.6) is 0 Å². The molecule has 2 unspecified atom stereocenters. The molecule has 24 heavy (non-hydrogen) atoms. The standard InChI is InChI=1S/C19H29NO2Si2/c1-4-21-24(3,19-14-9-6-10-15-19)22-23(2,17-11-16-20)18-12-7-5-8-13-18/h5-10,12-15H,4,11,16-17,20H2,1-3H3. The first-order valence-corrected chi connectivity index (χ1v) is 13.6. The molecule has 0 spiro atoms. The Kier molecular flexibility index (Phi) is 6.94. The molecule has 0 radical (unpaired) electrons. The molecule has 0 saturated carbocycles. The molecule has 2 atom stereocenters. The molecule has 3 nitrogen and oxygen atoms in total. The first kappa shape index (κ1) is 19.1. The van der Waals surface area contributed by atoms with Gasteiger partial charge in [-0.1, -0.05) is 60.7 Å². The third-order valence-electron chi connectivity index (χ3n) is 4.38. The van der Waals surface area contributed by atoms with Crippen LogP contribution < -0.4 is 16.1 Å². The van der Waals surface area contributed by atoms with E-state index in [4.69, 9.17) is 14.3 Å². The summed E-state index contributed by atoms with van der Waals surface area (Å²) in [6.45, 7) is 7.86. The van der Waals surface area contributed by atoms with Gasteiger partial charge in [-0.05, 0) is 49.4 Å². The molecule has 130 valence electrons. The van der Waals surface area contributed by atoms with Gasteiger partial charge in [-0.25, -0.2) is 0 Å². The minimum Gasteiger partial charge on any atom is -0.429 e. The second-order valence-corrected chi connectivity index (χ2v) is 13.4. The molecule has 2 N–H and O–H groups in total. The van der Waals surface area contributed by atoms with E-state index in [1.807, 2.05) is 13.0 Å². The second-order valence-electron chi connectivity index (χ2n) is 6.34. The molecule has 2 aromatic rings. The van der Waals surface area contributed by atoms with Gasteiger partial charge in [0.1, 0.15) is 0 Å². The van der Waals surface area contributed by atoms with Gasteiger partial charge in [-0.3, -0.25) is 0 Å². The summed E-state index contributed by atoms with van der Waals surface area (Å²) in [7, 11) is -4.62. The van der Waals surface area contributed by atoms with Crippen LogP contribution in [-0.4, -0.2) is 30.0 Å². The Morgan fingerprint density at radius 2 is 1.42 bits per heavy atom. The van der Waals surface area contributed by atoms with Gasteiger partial charge >= 0.3 is 8.56 Å². The normalized spacial score (nSPS) is 16.3. The van der Waals surface area contributed by atoms with Crippen LogP contribution in [0.4, 0.5) is 0 Å². The third kappa shape index (κ3) is 4.65. The van der Waals surface area contributed by atoms with E-state index in [1.165, 1.54) is 10.4 Å². The lowest BCUT2D eigenvalue weighted by Crippen LogP contribution is -2.62. The Morgan fingerprint density at radius 3 is 1.92 bits per heavy atom. The number of benzene rings is 2. The molecule has 0 aliphatic heterocycles. The second kappa shape index (κ2) is 8.73. The van der Waals surface area contributed by atoms with Gasteiger partial charge in [0.15, 0.2) is 0 Å². The van der Waals surface area contributed by atoms with Gasteiger partial charge in [0.2, 0.25) is 8.32 Å². The van der Waals surface area contributed by atoms with Crippen molar-refractivity contribution in [2.24, 2.45) is 5.73 Å². The van der Waals surface area contributed by atoms with E-state index < -0.39 is 16.9 Å². The summed E-state index contributed by atoms with van der Waals surface area (Å²) in [5.74, 6) is 0. The third-order valence-corrected chi connectivity index (χ3v) is 12.8. The fraction of sp³-hybridized carbons (Fsp3) is 0.368. The van der Waals surface area contributed by atoms with E-state index in [9.17, 15) is 0 Å². The van der Waals surface area contributed by atoms with E-state index >= 15 is 0 Å². The van der Waals surface area contributed by atoms with Crippen LogP contribution in [0.3, 0.4) is 0 Å². The highest BCUT2D eigenvalue weighted by Crippen LogP contribution is 2.21. The van der Waals surface area contributed by atoms with Crippen LogP contribution in [0, 0.1) is 0 Å². The maximum Gasteiger partial charge on any atom is 0.359 e. The van der Waals surface area contributed by atoms with Crippen molar-refractivity contribution in [3.8, 4) is 0 Å². The van der Waals surface area contributed by atoms with Gasteiger partial charge in [0.05, 0.1) is 0 Å². The van der Waals surface area contributed by atoms with Crippen molar-refractivity contribution >= 4 is 27.3 Å². The maximum atomic E-state index is 6.94. The van der Waals surface area contributed by atoms with Crippen LogP contribution in [0.1, 0.15) is 13.3 Å². The lowest BCUT2D eigenvalue weighted by molar-refractivity contribution is 0.268. The molecule has 0 fully saturated rings. The predicted octanol–water partition coefficient (Wildman–Crippen LogP) is 2.85. The van der Waals surface area contributed by atoms with Gasteiger partial charge < -0.3 is 14.3 Å². The van der Waals surface area contributed by atoms with Crippen LogP contribution in [0.2, 0.25) is 19.1 Å². The van der Waals surface area contributed by atoms with Gasteiger partial charge in [-0.2, -0.15) is 0 Å². The van der Waals surface area contributed by atoms with E-state index in [0.717, 1.165) is 12.5 Å². The van der Waals surface area contributed by atoms with Crippen LogP contribution in [-0.2, 0) is 8.54 Å². The summed E-state index contributed by atoms with van der Waals surface area (Å²) in [5.41, 5.74) is 5.79. The van der Waals surface area contributed by atoms with Crippen LogP contribution >= 0.6 is 0 Å². The zero-order chi connectivity index (χ0) is 17.5. The summed E-state index contributed by atoms with van der Waals surface area (Å²) < 4.78 is 13.2. The Morgan fingerprint density at radius 1 is 0.875 bits per heavy atom. The summed E-state index contributed by atoms with van der Waals surface area (Å²) >= 11 is 0. The van der Waals surface area contributed by atoms with Crippen molar-refractivity contribution in [3.05, 3.63) is 60.7 Å². The monoisotopic (exact) mass is 359 g/mol.